The van der Waals surface area contributed by atoms with Crippen molar-refractivity contribution in [3.63, 3.8) is 0 Å². The van der Waals surface area contributed by atoms with Gasteiger partial charge in [-0.05, 0) is 34.6 Å². The predicted molar refractivity (Wildman–Crippen MR) is 68.7 cm³/mol. The second kappa shape index (κ2) is 5.16. The highest BCUT2D eigenvalue weighted by atomic mass is 31.2. The third-order valence-corrected chi connectivity index (χ3v) is 6.44. The highest BCUT2D eigenvalue weighted by molar-refractivity contribution is 7.59. The lowest BCUT2D eigenvalue weighted by Gasteiger charge is -2.36. The number of aromatic nitrogens is 3. The molecule has 0 aliphatic rings. The van der Waals surface area contributed by atoms with E-state index < -0.39 is 7.44 Å². The molecule has 17 heavy (non-hydrogen) atoms. The maximum Gasteiger partial charge on any atom is 0.239 e. The molecule has 0 saturated heterocycles. The summed E-state index contributed by atoms with van der Waals surface area (Å²) in [5.41, 5.74) is 5.75. The summed E-state index contributed by atoms with van der Waals surface area (Å²) in [6.45, 7) is 1.96. The molecule has 0 radical (unpaired) electrons. The van der Waals surface area contributed by atoms with Crippen LogP contribution in [0.3, 0.4) is 0 Å². The average Bonchev–Trinajstić information content (AvgIpc) is 2.65. The number of nitrogens with two attached hydrogens (primary N) is 1. The lowest BCUT2D eigenvalue weighted by atomic mass is 10.5. The third kappa shape index (κ3) is 2.36. The van der Waals surface area contributed by atoms with Gasteiger partial charge in [-0.1, -0.05) is 6.92 Å². The third-order valence-electron chi connectivity index (χ3n) is 2.78. The summed E-state index contributed by atoms with van der Waals surface area (Å²) < 4.78 is 18.1. The highest BCUT2D eigenvalue weighted by Crippen LogP contribution is 2.61. The first-order valence-corrected chi connectivity index (χ1v) is 7.14. The van der Waals surface area contributed by atoms with E-state index in [0.717, 1.165) is 0 Å². The zero-order valence-electron chi connectivity index (χ0n) is 11.0. The van der Waals surface area contributed by atoms with Crippen LogP contribution < -0.4 is 5.73 Å². The normalized spacial score (nSPS) is 14.5. The molecule has 0 fully saturated rings. The molecule has 0 spiro atoms. The zero-order valence-corrected chi connectivity index (χ0v) is 11.9. The maximum atomic E-state index is 13.1. The van der Waals surface area contributed by atoms with E-state index >= 15 is 0 Å². The second-order valence-electron chi connectivity index (χ2n) is 4.24. The van der Waals surface area contributed by atoms with Crippen molar-refractivity contribution in [2.24, 2.45) is 0 Å². The molecule has 7 nitrogen and oxygen atoms in total. The Labute approximate surface area is 102 Å². The van der Waals surface area contributed by atoms with Gasteiger partial charge in [-0.15, -0.1) is 0 Å². The lowest BCUT2D eigenvalue weighted by Crippen LogP contribution is -2.29. The first-order valence-electron chi connectivity index (χ1n) is 5.46. The van der Waals surface area contributed by atoms with E-state index in [2.05, 4.69) is 10.1 Å². The van der Waals surface area contributed by atoms with Gasteiger partial charge in [-0.2, -0.15) is 5.10 Å². The van der Waals surface area contributed by atoms with Crippen LogP contribution in [-0.4, -0.2) is 52.3 Å². The van der Waals surface area contributed by atoms with Gasteiger partial charge in [0, 0.05) is 0 Å². The fraction of sp³-hybridized carbons (Fsp3) is 0.778. The van der Waals surface area contributed by atoms with E-state index in [1.165, 1.54) is 6.33 Å². The van der Waals surface area contributed by atoms with Crippen LogP contribution in [-0.2, 0) is 4.57 Å². The van der Waals surface area contributed by atoms with Crippen molar-refractivity contribution in [3.8, 4) is 0 Å². The molecular formula is C9H21N6OP. The SMILES string of the molecule is CCC(n1ncnc1N)P(=O)(N(C)C)N(C)C. The molecule has 8 heteroatoms. The van der Waals surface area contributed by atoms with Crippen molar-refractivity contribution in [1.29, 1.82) is 0 Å². The van der Waals surface area contributed by atoms with Crippen LogP contribution >= 0.6 is 7.44 Å². The van der Waals surface area contributed by atoms with Crippen LogP contribution in [0.2, 0.25) is 0 Å². The van der Waals surface area contributed by atoms with Gasteiger partial charge < -0.3 is 5.73 Å². The molecule has 1 atom stereocenters. The molecule has 0 saturated carbocycles. The van der Waals surface area contributed by atoms with Gasteiger partial charge in [0.25, 0.3) is 0 Å². The average molecular weight is 260 g/mol. The van der Waals surface area contributed by atoms with E-state index in [1.807, 2.05) is 6.92 Å². The molecule has 1 rings (SSSR count). The van der Waals surface area contributed by atoms with Crippen molar-refractivity contribution < 1.29 is 4.57 Å². The van der Waals surface area contributed by atoms with Crippen LogP contribution in [0.25, 0.3) is 0 Å². The number of nitrogens with zero attached hydrogens (tertiary/aromatic N) is 5. The Morgan fingerprint density at radius 2 is 1.94 bits per heavy atom. The summed E-state index contributed by atoms with van der Waals surface area (Å²) in [4.78, 5) is 3.89. The zero-order chi connectivity index (χ0) is 13.2. The molecule has 2 N–H and O–H groups in total. The second-order valence-corrected chi connectivity index (χ2v) is 7.61. The summed E-state index contributed by atoms with van der Waals surface area (Å²) >= 11 is 0. The molecule has 0 aliphatic carbocycles. The molecular weight excluding hydrogens is 239 g/mol. The predicted octanol–water partition coefficient (Wildman–Crippen LogP) is 1.09. The summed E-state index contributed by atoms with van der Waals surface area (Å²) in [6.07, 6.45) is 2.05. The molecule has 0 aromatic carbocycles. The number of anilines is 1. The Hall–Kier alpha value is -0.910. The van der Waals surface area contributed by atoms with Gasteiger partial charge in [-0.25, -0.2) is 19.0 Å². The fourth-order valence-electron chi connectivity index (χ4n) is 1.93. The van der Waals surface area contributed by atoms with E-state index in [1.54, 1.807) is 42.2 Å². The van der Waals surface area contributed by atoms with Crippen molar-refractivity contribution in [3.05, 3.63) is 6.33 Å². The molecule has 0 bridgehead atoms. The minimum absolute atomic E-state index is 0.292. The molecule has 1 aromatic rings. The van der Waals surface area contributed by atoms with E-state index in [0.29, 0.717) is 12.4 Å². The van der Waals surface area contributed by atoms with Crippen molar-refractivity contribution in [2.45, 2.75) is 19.1 Å². The lowest BCUT2D eigenvalue weighted by molar-refractivity contribution is 0.400. The molecule has 1 unspecified atom stereocenters. The van der Waals surface area contributed by atoms with Crippen molar-refractivity contribution in [2.75, 3.05) is 33.9 Å². The van der Waals surface area contributed by atoms with Gasteiger partial charge in [0.15, 0.2) is 0 Å². The Balaban J connectivity index is 3.26. The van der Waals surface area contributed by atoms with E-state index in [4.69, 9.17) is 5.73 Å². The Morgan fingerprint density at radius 3 is 2.24 bits per heavy atom. The molecule has 0 aliphatic heterocycles. The summed E-state index contributed by atoms with van der Waals surface area (Å²) in [5, 5.41) is 4.07. The van der Waals surface area contributed by atoms with E-state index in [9.17, 15) is 4.57 Å². The maximum absolute atomic E-state index is 13.1. The highest BCUT2D eigenvalue weighted by Gasteiger charge is 2.39. The summed E-state index contributed by atoms with van der Waals surface area (Å²) in [7, 11) is 4.47. The number of nitrogen functional groups attached to an aromatic ring is 1. The minimum Gasteiger partial charge on any atom is -0.368 e. The molecule has 1 aromatic heterocycles. The van der Waals surface area contributed by atoms with Crippen LogP contribution in [0, 0.1) is 0 Å². The molecule has 0 amide bonds. The van der Waals surface area contributed by atoms with Gasteiger partial charge in [0.05, 0.1) is 0 Å². The number of rotatable bonds is 5. The van der Waals surface area contributed by atoms with Gasteiger partial charge in [-0.3, -0.25) is 4.57 Å². The van der Waals surface area contributed by atoms with E-state index in [-0.39, 0.29) is 5.78 Å². The summed E-state index contributed by atoms with van der Waals surface area (Å²) in [5.74, 6) is -0.00391. The first kappa shape index (κ1) is 14.2. The molecule has 1 heterocycles. The van der Waals surface area contributed by atoms with Crippen LogP contribution in [0.1, 0.15) is 19.1 Å². The van der Waals surface area contributed by atoms with Crippen molar-refractivity contribution >= 4 is 13.4 Å². The van der Waals surface area contributed by atoms with Crippen LogP contribution in [0.15, 0.2) is 6.33 Å². The van der Waals surface area contributed by atoms with Gasteiger partial charge in [0.2, 0.25) is 13.4 Å². The van der Waals surface area contributed by atoms with Crippen molar-refractivity contribution in [1.82, 2.24) is 24.1 Å². The Morgan fingerprint density at radius 1 is 1.41 bits per heavy atom. The fourth-order valence-corrected chi connectivity index (χ4v) is 4.65. The first-order chi connectivity index (χ1) is 7.85. The van der Waals surface area contributed by atoms with Crippen LogP contribution in [0.5, 0.6) is 0 Å². The summed E-state index contributed by atoms with van der Waals surface area (Å²) in [6, 6.07) is 0. The standard InChI is InChI=1S/C9H21N6OP/c1-6-8(15-9(10)11-7-12-15)17(16,13(2)3)14(4)5/h7-8H,6H2,1-5H3,(H2,10,11,12). The quantitative estimate of drug-likeness (QED) is 0.798. The van der Waals surface area contributed by atoms with Gasteiger partial charge >= 0.3 is 0 Å². The smallest absolute Gasteiger partial charge is 0.239 e. The Bertz CT molecular complexity index is 403. The monoisotopic (exact) mass is 260 g/mol. The molecule has 98 valence electrons. The Kier molecular flexibility index (Phi) is 4.30. The topological polar surface area (TPSA) is 80.3 Å². The number of hydrogen-bond acceptors (Lipinski definition) is 4. The van der Waals surface area contributed by atoms with Crippen LogP contribution in [0.4, 0.5) is 5.95 Å². The van der Waals surface area contributed by atoms with Gasteiger partial charge in [0.1, 0.15) is 12.1 Å². The minimum atomic E-state index is -2.74. The number of hydrogen-bond donors (Lipinski definition) is 1. The largest absolute Gasteiger partial charge is 0.368 e.